The summed E-state index contributed by atoms with van der Waals surface area (Å²) in [5.41, 5.74) is 4.11. The Bertz CT molecular complexity index is 562. The van der Waals surface area contributed by atoms with Gasteiger partial charge >= 0.3 is 0 Å². The summed E-state index contributed by atoms with van der Waals surface area (Å²) in [6, 6.07) is 10.7. The lowest BCUT2D eigenvalue weighted by atomic mass is 10.1. The molecule has 1 aliphatic rings. The Morgan fingerprint density at radius 2 is 2.05 bits per heavy atom. The first-order chi connectivity index (χ1) is 9.28. The second kappa shape index (κ2) is 5.39. The van der Waals surface area contributed by atoms with E-state index >= 15 is 0 Å². The van der Waals surface area contributed by atoms with E-state index < -0.39 is 0 Å². The van der Waals surface area contributed by atoms with Crippen molar-refractivity contribution in [3.8, 4) is 0 Å². The smallest absolute Gasteiger partial charge is 0.0981 e. The Balaban J connectivity index is 1.78. The molecule has 3 rings (SSSR count). The SMILES string of the molecule is CSc1c2c(nn1C)CCN(Cc1ccccc1)C2. The van der Waals surface area contributed by atoms with E-state index in [0.29, 0.717) is 0 Å². The molecule has 19 heavy (non-hydrogen) atoms. The lowest BCUT2D eigenvalue weighted by Gasteiger charge is -2.26. The van der Waals surface area contributed by atoms with Crippen molar-refractivity contribution in [1.82, 2.24) is 14.7 Å². The molecule has 1 aliphatic heterocycles. The maximum Gasteiger partial charge on any atom is 0.0981 e. The molecule has 2 heterocycles. The van der Waals surface area contributed by atoms with Gasteiger partial charge in [0.1, 0.15) is 0 Å². The normalized spacial score (nSPS) is 15.5. The van der Waals surface area contributed by atoms with E-state index in [1.807, 2.05) is 11.7 Å². The number of aromatic nitrogens is 2. The third kappa shape index (κ3) is 2.55. The predicted octanol–water partition coefficient (Wildman–Crippen LogP) is 2.70. The summed E-state index contributed by atoms with van der Waals surface area (Å²) in [4.78, 5) is 2.51. The van der Waals surface area contributed by atoms with E-state index in [1.165, 1.54) is 21.8 Å². The van der Waals surface area contributed by atoms with Gasteiger partial charge in [-0.15, -0.1) is 11.8 Å². The second-order valence-electron chi connectivity index (χ2n) is 5.00. The van der Waals surface area contributed by atoms with Gasteiger partial charge in [0.25, 0.3) is 0 Å². The molecule has 0 atom stereocenters. The van der Waals surface area contributed by atoms with E-state index in [-0.39, 0.29) is 0 Å². The van der Waals surface area contributed by atoms with E-state index in [1.54, 1.807) is 11.8 Å². The molecule has 0 saturated carbocycles. The standard InChI is InChI=1S/C15H19N3S/c1-17-15(19-2)13-11-18(9-8-14(13)16-17)10-12-6-4-3-5-7-12/h3-7H,8-11H2,1-2H3. The highest BCUT2D eigenvalue weighted by Gasteiger charge is 2.23. The van der Waals surface area contributed by atoms with Crippen molar-refractivity contribution in [3.05, 3.63) is 47.2 Å². The first-order valence-electron chi connectivity index (χ1n) is 6.63. The highest BCUT2D eigenvalue weighted by Crippen LogP contribution is 2.28. The van der Waals surface area contributed by atoms with Gasteiger partial charge in [-0.05, 0) is 11.8 Å². The van der Waals surface area contributed by atoms with Crippen molar-refractivity contribution in [3.63, 3.8) is 0 Å². The van der Waals surface area contributed by atoms with Crippen LogP contribution in [-0.4, -0.2) is 27.5 Å². The van der Waals surface area contributed by atoms with Crippen molar-refractivity contribution >= 4 is 11.8 Å². The van der Waals surface area contributed by atoms with Crippen LogP contribution in [0.1, 0.15) is 16.8 Å². The maximum absolute atomic E-state index is 4.63. The molecule has 0 radical (unpaired) electrons. The van der Waals surface area contributed by atoms with E-state index in [4.69, 9.17) is 0 Å². The number of benzene rings is 1. The molecule has 0 bridgehead atoms. The van der Waals surface area contributed by atoms with Gasteiger partial charge in [0.2, 0.25) is 0 Å². The molecule has 4 heteroatoms. The molecule has 0 spiro atoms. The molecule has 3 nitrogen and oxygen atoms in total. The maximum atomic E-state index is 4.63. The van der Waals surface area contributed by atoms with Gasteiger partial charge < -0.3 is 0 Å². The summed E-state index contributed by atoms with van der Waals surface area (Å²) in [5.74, 6) is 0. The number of hydrogen-bond donors (Lipinski definition) is 0. The number of thioether (sulfide) groups is 1. The Hall–Kier alpha value is -1.26. The van der Waals surface area contributed by atoms with Crippen LogP contribution in [0.3, 0.4) is 0 Å². The third-order valence-electron chi connectivity index (χ3n) is 3.66. The summed E-state index contributed by atoms with van der Waals surface area (Å²) in [5, 5.41) is 5.95. The average molecular weight is 273 g/mol. The summed E-state index contributed by atoms with van der Waals surface area (Å²) >= 11 is 1.80. The van der Waals surface area contributed by atoms with Crippen molar-refractivity contribution in [2.24, 2.45) is 7.05 Å². The third-order valence-corrected chi connectivity index (χ3v) is 4.56. The molecule has 0 unspecified atom stereocenters. The van der Waals surface area contributed by atoms with Gasteiger partial charge in [0.15, 0.2) is 0 Å². The molecular formula is C15H19N3S. The quantitative estimate of drug-likeness (QED) is 0.802. The summed E-state index contributed by atoms with van der Waals surface area (Å²) < 4.78 is 2.03. The highest BCUT2D eigenvalue weighted by atomic mass is 32.2. The van der Waals surface area contributed by atoms with Gasteiger partial charge in [-0.25, -0.2) is 0 Å². The molecule has 0 saturated heterocycles. The van der Waals surface area contributed by atoms with E-state index in [0.717, 1.165) is 26.1 Å². The molecular weight excluding hydrogens is 254 g/mol. The summed E-state index contributed by atoms with van der Waals surface area (Å²) in [6.45, 7) is 3.16. The van der Waals surface area contributed by atoms with Gasteiger partial charge in [-0.1, -0.05) is 30.3 Å². The van der Waals surface area contributed by atoms with Crippen LogP contribution in [0.5, 0.6) is 0 Å². The molecule has 0 aliphatic carbocycles. The van der Waals surface area contributed by atoms with Crippen LogP contribution >= 0.6 is 11.8 Å². The summed E-state index contributed by atoms with van der Waals surface area (Å²) in [7, 11) is 2.05. The molecule has 0 N–H and O–H groups in total. The van der Waals surface area contributed by atoms with Gasteiger partial charge in [0.05, 0.1) is 10.7 Å². The number of hydrogen-bond acceptors (Lipinski definition) is 3. The molecule has 1 aromatic carbocycles. The van der Waals surface area contributed by atoms with E-state index in [9.17, 15) is 0 Å². The zero-order chi connectivity index (χ0) is 13.2. The minimum Gasteiger partial charge on any atom is -0.294 e. The Morgan fingerprint density at radius 1 is 1.26 bits per heavy atom. The predicted molar refractivity (Wildman–Crippen MR) is 79.2 cm³/mol. The van der Waals surface area contributed by atoms with E-state index in [2.05, 4.69) is 46.6 Å². The fourth-order valence-electron chi connectivity index (χ4n) is 2.76. The Labute approximate surface area is 118 Å². The van der Waals surface area contributed by atoms with Crippen LogP contribution in [-0.2, 0) is 26.6 Å². The van der Waals surface area contributed by atoms with Crippen molar-refractivity contribution in [2.75, 3.05) is 12.8 Å². The average Bonchev–Trinajstić information content (AvgIpc) is 2.74. The zero-order valence-corrected chi connectivity index (χ0v) is 12.3. The fraction of sp³-hybridized carbons (Fsp3) is 0.400. The number of fused-ring (bicyclic) bond motifs is 1. The first kappa shape index (κ1) is 12.8. The lowest BCUT2D eigenvalue weighted by molar-refractivity contribution is 0.243. The second-order valence-corrected chi connectivity index (χ2v) is 5.80. The fourth-order valence-corrected chi connectivity index (χ4v) is 3.50. The topological polar surface area (TPSA) is 21.1 Å². The van der Waals surface area contributed by atoms with Crippen LogP contribution in [0.15, 0.2) is 35.4 Å². The molecule has 2 aromatic rings. The van der Waals surface area contributed by atoms with Crippen LogP contribution in [0.2, 0.25) is 0 Å². The van der Waals surface area contributed by atoms with Crippen molar-refractivity contribution in [1.29, 1.82) is 0 Å². The van der Waals surface area contributed by atoms with Gasteiger partial charge in [-0.2, -0.15) is 5.10 Å². The van der Waals surface area contributed by atoms with Crippen LogP contribution in [0, 0.1) is 0 Å². The minimum atomic E-state index is 1.02. The molecule has 100 valence electrons. The Morgan fingerprint density at radius 3 is 2.79 bits per heavy atom. The largest absolute Gasteiger partial charge is 0.294 e. The highest BCUT2D eigenvalue weighted by molar-refractivity contribution is 7.98. The first-order valence-corrected chi connectivity index (χ1v) is 7.85. The monoisotopic (exact) mass is 273 g/mol. The van der Waals surface area contributed by atoms with Crippen LogP contribution in [0.4, 0.5) is 0 Å². The number of rotatable bonds is 3. The number of aryl methyl sites for hydroxylation is 1. The molecule has 0 fully saturated rings. The van der Waals surface area contributed by atoms with Crippen LogP contribution < -0.4 is 0 Å². The van der Waals surface area contributed by atoms with Gasteiger partial charge in [-0.3, -0.25) is 9.58 Å². The van der Waals surface area contributed by atoms with Gasteiger partial charge in [0, 0.05) is 38.7 Å². The lowest BCUT2D eigenvalue weighted by Crippen LogP contribution is -2.29. The zero-order valence-electron chi connectivity index (χ0n) is 11.5. The van der Waals surface area contributed by atoms with Crippen molar-refractivity contribution in [2.45, 2.75) is 24.5 Å². The number of nitrogens with zero attached hydrogens (tertiary/aromatic N) is 3. The van der Waals surface area contributed by atoms with Crippen molar-refractivity contribution < 1.29 is 0 Å². The molecule has 1 aromatic heterocycles. The summed E-state index contributed by atoms with van der Waals surface area (Å²) in [6.07, 6.45) is 3.20. The Kier molecular flexibility index (Phi) is 3.62. The van der Waals surface area contributed by atoms with Crippen LogP contribution in [0.25, 0.3) is 0 Å². The molecule has 0 amide bonds. The minimum absolute atomic E-state index is 1.02.